The molecule has 0 radical (unpaired) electrons. The van der Waals surface area contributed by atoms with Crippen LogP contribution >= 0.6 is 11.8 Å². The smallest absolute Gasteiger partial charge is 0.250 e. The summed E-state index contributed by atoms with van der Waals surface area (Å²) in [6.45, 7) is 4.98. The summed E-state index contributed by atoms with van der Waals surface area (Å²) in [5.74, 6) is 0.521. The number of carbonyl (C=O) groups is 1. The molecule has 27 heavy (non-hydrogen) atoms. The van der Waals surface area contributed by atoms with Gasteiger partial charge in [0.1, 0.15) is 6.54 Å². The number of nitrogens with zero attached hydrogens (tertiary/aromatic N) is 5. The van der Waals surface area contributed by atoms with E-state index < -0.39 is 0 Å². The van der Waals surface area contributed by atoms with Crippen molar-refractivity contribution in [2.24, 2.45) is 0 Å². The van der Waals surface area contributed by atoms with E-state index in [1.165, 1.54) is 4.80 Å². The fraction of sp³-hybridized carbons (Fsp3) is 0.300. The first kappa shape index (κ1) is 17.7. The molecule has 1 aromatic heterocycles. The Labute approximate surface area is 162 Å². The van der Waals surface area contributed by atoms with Crippen LogP contribution in [0.15, 0.2) is 53.4 Å². The number of thioether (sulfide) groups is 1. The normalized spacial score (nSPS) is 16.7. The number of benzene rings is 2. The summed E-state index contributed by atoms with van der Waals surface area (Å²) < 4.78 is 0. The first-order valence-corrected chi connectivity index (χ1v) is 9.89. The van der Waals surface area contributed by atoms with E-state index in [0.717, 1.165) is 28.1 Å². The van der Waals surface area contributed by atoms with E-state index in [9.17, 15) is 4.79 Å². The molecular weight excluding hydrogens is 358 g/mol. The summed E-state index contributed by atoms with van der Waals surface area (Å²) >= 11 is 1.82. The van der Waals surface area contributed by atoms with Gasteiger partial charge in [0.15, 0.2) is 0 Å². The van der Waals surface area contributed by atoms with Gasteiger partial charge in [0.2, 0.25) is 5.82 Å². The molecule has 0 unspecified atom stereocenters. The number of carbonyl (C=O) groups excluding carboxylic acids is 1. The van der Waals surface area contributed by atoms with Crippen LogP contribution in [0.3, 0.4) is 0 Å². The minimum Gasteiger partial charge on any atom is -0.310 e. The van der Waals surface area contributed by atoms with E-state index in [2.05, 4.69) is 28.4 Å². The van der Waals surface area contributed by atoms with E-state index in [0.29, 0.717) is 17.6 Å². The summed E-state index contributed by atoms with van der Waals surface area (Å²) in [5.41, 5.74) is 2.98. The molecule has 3 aromatic rings. The number of aromatic nitrogens is 4. The molecule has 0 aliphatic carbocycles. The van der Waals surface area contributed by atoms with E-state index in [1.807, 2.05) is 66.1 Å². The van der Waals surface area contributed by atoms with Crippen LogP contribution in [0.4, 0.5) is 5.69 Å². The third-order valence-corrected chi connectivity index (χ3v) is 5.90. The molecule has 0 saturated carbocycles. The molecule has 1 aliphatic rings. The van der Waals surface area contributed by atoms with E-state index >= 15 is 0 Å². The highest BCUT2D eigenvalue weighted by Gasteiger charge is 2.24. The second-order valence-electron chi connectivity index (χ2n) is 6.69. The summed E-state index contributed by atoms with van der Waals surface area (Å²) in [5, 5.41) is 13.1. The minimum absolute atomic E-state index is 0.0223. The molecule has 0 N–H and O–H groups in total. The molecule has 0 fully saturated rings. The van der Waals surface area contributed by atoms with Gasteiger partial charge < -0.3 is 4.90 Å². The van der Waals surface area contributed by atoms with Crippen LogP contribution in [0.25, 0.3) is 11.4 Å². The Morgan fingerprint density at radius 3 is 2.81 bits per heavy atom. The zero-order chi connectivity index (χ0) is 18.8. The maximum Gasteiger partial charge on any atom is 0.250 e. The molecule has 2 heterocycles. The number of hydrogen-bond acceptors (Lipinski definition) is 5. The van der Waals surface area contributed by atoms with Gasteiger partial charge in [-0.1, -0.05) is 43.3 Å². The van der Waals surface area contributed by atoms with Crippen LogP contribution in [-0.2, 0) is 11.3 Å². The zero-order valence-electron chi connectivity index (χ0n) is 15.4. The Morgan fingerprint density at radius 1 is 1.19 bits per heavy atom. The van der Waals surface area contributed by atoms with Gasteiger partial charge in [-0.25, -0.2) is 0 Å². The fourth-order valence-corrected chi connectivity index (χ4v) is 4.31. The zero-order valence-corrected chi connectivity index (χ0v) is 16.2. The van der Waals surface area contributed by atoms with Crippen molar-refractivity contribution in [1.29, 1.82) is 0 Å². The van der Waals surface area contributed by atoms with Crippen molar-refractivity contribution in [2.45, 2.75) is 37.0 Å². The van der Waals surface area contributed by atoms with Crippen LogP contribution in [0.1, 0.15) is 18.9 Å². The number of rotatable bonds is 3. The number of aryl methyl sites for hydroxylation is 1. The van der Waals surface area contributed by atoms with E-state index in [4.69, 9.17) is 0 Å². The van der Waals surface area contributed by atoms with Gasteiger partial charge in [0.05, 0.1) is 5.69 Å². The number of para-hydroxylation sites is 1. The summed E-state index contributed by atoms with van der Waals surface area (Å²) in [6.07, 6.45) is 0.949. The predicted octanol–water partition coefficient (Wildman–Crippen LogP) is 3.57. The first-order valence-electron chi connectivity index (χ1n) is 9.01. The molecular formula is C20H21N5OS. The fourth-order valence-electron chi connectivity index (χ4n) is 3.19. The number of fused-ring (bicyclic) bond motifs is 1. The van der Waals surface area contributed by atoms with Gasteiger partial charge in [0, 0.05) is 22.3 Å². The number of hydrogen-bond donors (Lipinski definition) is 0. The lowest BCUT2D eigenvalue weighted by Gasteiger charge is -2.22. The van der Waals surface area contributed by atoms with Crippen LogP contribution in [-0.4, -0.2) is 37.9 Å². The Bertz CT molecular complexity index is 970. The second kappa shape index (κ2) is 7.52. The van der Waals surface area contributed by atoms with Gasteiger partial charge in [-0.05, 0) is 36.3 Å². The topological polar surface area (TPSA) is 63.9 Å². The Balaban J connectivity index is 1.56. The first-order chi connectivity index (χ1) is 13.1. The van der Waals surface area contributed by atoms with Crippen molar-refractivity contribution in [3.63, 3.8) is 0 Å². The van der Waals surface area contributed by atoms with E-state index in [1.54, 1.807) is 0 Å². The van der Waals surface area contributed by atoms with Crippen LogP contribution in [0.5, 0.6) is 0 Å². The number of anilines is 1. The highest BCUT2D eigenvalue weighted by molar-refractivity contribution is 8.00. The average molecular weight is 379 g/mol. The van der Waals surface area contributed by atoms with Gasteiger partial charge in [-0.3, -0.25) is 4.79 Å². The standard InChI is InChI=1S/C20H21N5OS/c1-14-7-3-4-8-16(14)20-21-23-25(22-20)13-19(26)24-12-11-15(2)27-18-10-6-5-9-17(18)24/h3-10,15H,11-13H2,1-2H3/t15-/m0/s1. The molecule has 0 bridgehead atoms. The van der Waals surface area contributed by atoms with Crippen LogP contribution < -0.4 is 4.90 Å². The number of tetrazole rings is 1. The largest absolute Gasteiger partial charge is 0.310 e. The SMILES string of the molecule is Cc1ccccc1-c1nnn(CC(=O)N2CC[C@H](C)Sc3ccccc32)n1. The van der Waals surface area contributed by atoms with Crippen LogP contribution in [0.2, 0.25) is 0 Å². The molecule has 2 aromatic carbocycles. The number of amides is 1. The molecule has 1 aliphatic heterocycles. The lowest BCUT2D eigenvalue weighted by Crippen LogP contribution is -2.35. The van der Waals surface area contributed by atoms with Crippen molar-refractivity contribution in [3.05, 3.63) is 54.1 Å². The van der Waals surface area contributed by atoms with Gasteiger partial charge >= 0.3 is 0 Å². The van der Waals surface area contributed by atoms with Crippen molar-refractivity contribution >= 4 is 23.4 Å². The van der Waals surface area contributed by atoms with Crippen molar-refractivity contribution < 1.29 is 4.79 Å². The maximum absolute atomic E-state index is 13.0. The molecule has 1 atom stereocenters. The van der Waals surface area contributed by atoms with Gasteiger partial charge in [-0.2, -0.15) is 4.80 Å². The Morgan fingerprint density at radius 2 is 1.96 bits per heavy atom. The average Bonchev–Trinajstić information content (AvgIpc) is 3.04. The third-order valence-electron chi connectivity index (χ3n) is 4.66. The summed E-state index contributed by atoms with van der Waals surface area (Å²) in [7, 11) is 0. The highest BCUT2D eigenvalue weighted by Crippen LogP contribution is 2.37. The minimum atomic E-state index is -0.0223. The highest BCUT2D eigenvalue weighted by atomic mass is 32.2. The summed E-state index contributed by atoms with van der Waals surface area (Å²) in [4.78, 5) is 17.4. The molecule has 0 saturated heterocycles. The molecule has 0 spiro atoms. The second-order valence-corrected chi connectivity index (χ2v) is 8.17. The molecule has 7 heteroatoms. The summed E-state index contributed by atoms with van der Waals surface area (Å²) in [6, 6.07) is 16.0. The lowest BCUT2D eigenvalue weighted by atomic mass is 10.1. The predicted molar refractivity (Wildman–Crippen MR) is 107 cm³/mol. The maximum atomic E-state index is 13.0. The van der Waals surface area contributed by atoms with Crippen molar-refractivity contribution in [2.75, 3.05) is 11.4 Å². The van der Waals surface area contributed by atoms with Gasteiger partial charge in [-0.15, -0.1) is 22.0 Å². The van der Waals surface area contributed by atoms with Crippen molar-refractivity contribution in [1.82, 2.24) is 20.2 Å². The Kier molecular flexibility index (Phi) is 4.94. The monoisotopic (exact) mass is 379 g/mol. The molecule has 138 valence electrons. The van der Waals surface area contributed by atoms with Crippen molar-refractivity contribution in [3.8, 4) is 11.4 Å². The molecule has 4 rings (SSSR count). The molecule has 1 amide bonds. The quantitative estimate of drug-likeness (QED) is 0.696. The Hall–Kier alpha value is -2.67. The molecule has 6 nitrogen and oxygen atoms in total. The third kappa shape index (κ3) is 3.73. The van der Waals surface area contributed by atoms with Gasteiger partial charge in [0.25, 0.3) is 5.91 Å². The van der Waals surface area contributed by atoms with Crippen LogP contribution in [0, 0.1) is 6.92 Å². The van der Waals surface area contributed by atoms with E-state index in [-0.39, 0.29) is 12.5 Å². The lowest BCUT2D eigenvalue weighted by molar-refractivity contribution is -0.119.